The topological polar surface area (TPSA) is 0 Å². The number of rotatable bonds is 2. The Labute approximate surface area is 94.5 Å². The van der Waals surface area contributed by atoms with Crippen LogP contribution in [0.3, 0.4) is 0 Å². The summed E-state index contributed by atoms with van der Waals surface area (Å²) in [5.41, 5.74) is 0.739. The molecular weight excluding hydrogens is 213 g/mol. The zero-order valence-electron chi connectivity index (χ0n) is 10.0. The summed E-state index contributed by atoms with van der Waals surface area (Å²) in [6.07, 6.45) is -4.26. The van der Waals surface area contributed by atoms with Crippen molar-refractivity contribution >= 4 is 0 Å². The maximum atomic E-state index is 12.9. The Hall–Kier alpha value is -0.990. The molecule has 0 aliphatic heterocycles. The van der Waals surface area contributed by atoms with Gasteiger partial charge in [0, 0.05) is 0 Å². The van der Waals surface area contributed by atoms with E-state index in [0.717, 1.165) is 5.56 Å². The van der Waals surface area contributed by atoms with E-state index in [9.17, 15) is 13.2 Å². The van der Waals surface area contributed by atoms with Crippen molar-refractivity contribution in [3.8, 4) is 0 Å². The Morgan fingerprint density at radius 3 is 1.88 bits per heavy atom. The second-order valence-corrected chi connectivity index (χ2v) is 4.62. The molecule has 0 N–H and O–H groups in total. The van der Waals surface area contributed by atoms with Crippen LogP contribution in [0, 0.1) is 0 Å². The molecule has 1 rings (SSSR count). The Bertz CT molecular complexity index is 362. The average Bonchev–Trinajstić information content (AvgIpc) is 2.14. The predicted octanol–water partition coefficient (Wildman–Crippen LogP) is 4.95. The first-order chi connectivity index (χ1) is 7.25. The maximum Gasteiger partial charge on any atom is 0.416 e. The first kappa shape index (κ1) is 13.1. The third-order valence-electron chi connectivity index (χ3n) is 2.64. The average molecular weight is 230 g/mol. The van der Waals surface area contributed by atoms with Crippen LogP contribution in [0.5, 0.6) is 0 Å². The van der Waals surface area contributed by atoms with Gasteiger partial charge in [0.25, 0.3) is 0 Å². The summed E-state index contributed by atoms with van der Waals surface area (Å²) in [5, 5.41) is 0. The third-order valence-corrected chi connectivity index (χ3v) is 2.64. The van der Waals surface area contributed by atoms with Gasteiger partial charge in [-0.1, -0.05) is 39.8 Å². The van der Waals surface area contributed by atoms with E-state index >= 15 is 0 Å². The number of halogens is 3. The van der Waals surface area contributed by atoms with Crippen LogP contribution < -0.4 is 0 Å². The summed E-state index contributed by atoms with van der Waals surface area (Å²) in [5.74, 6) is -0.00470. The predicted molar refractivity (Wildman–Crippen MR) is 59.6 cm³/mol. The molecule has 3 heteroatoms. The molecule has 1 aromatic carbocycles. The van der Waals surface area contributed by atoms with Crippen LogP contribution in [0.25, 0.3) is 0 Å². The Balaban J connectivity index is 3.45. The van der Waals surface area contributed by atoms with Crippen molar-refractivity contribution in [2.45, 2.75) is 45.7 Å². The summed E-state index contributed by atoms with van der Waals surface area (Å²) in [7, 11) is 0. The highest BCUT2D eigenvalue weighted by Gasteiger charge is 2.34. The fourth-order valence-corrected chi connectivity index (χ4v) is 1.98. The summed E-state index contributed by atoms with van der Waals surface area (Å²) in [4.78, 5) is 0. The highest BCUT2D eigenvalue weighted by molar-refractivity contribution is 5.40. The van der Waals surface area contributed by atoms with Gasteiger partial charge in [-0.2, -0.15) is 13.2 Å². The van der Waals surface area contributed by atoms with Gasteiger partial charge in [0.2, 0.25) is 0 Å². The van der Waals surface area contributed by atoms with E-state index in [-0.39, 0.29) is 11.8 Å². The van der Waals surface area contributed by atoms with Crippen LogP contribution in [0.15, 0.2) is 18.2 Å². The minimum atomic E-state index is -4.26. The molecule has 0 radical (unpaired) electrons. The van der Waals surface area contributed by atoms with Gasteiger partial charge in [-0.15, -0.1) is 0 Å². The Morgan fingerprint density at radius 1 is 0.938 bits per heavy atom. The fraction of sp³-hybridized carbons (Fsp3) is 0.538. The molecule has 0 saturated heterocycles. The quantitative estimate of drug-likeness (QED) is 0.674. The standard InChI is InChI=1S/C13H17F3/c1-8(2)10-6-5-7-11(13(14,15)16)12(10)9(3)4/h5-9H,1-4H3. The summed E-state index contributed by atoms with van der Waals surface area (Å²) in [6.45, 7) is 7.44. The van der Waals surface area contributed by atoms with Gasteiger partial charge >= 0.3 is 6.18 Å². The van der Waals surface area contributed by atoms with Crippen molar-refractivity contribution in [2.24, 2.45) is 0 Å². The normalized spacial score (nSPS) is 12.6. The van der Waals surface area contributed by atoms with Gasteiger partial charge in [0.1, 0.15) is 0 Å². The van der Waals surface area contributed by atoms with Gasteiger partial charge in [-0.3, -0.25) is 0 Å². The van der Waals surface area contributed by atoms with E-state index in [1.165, 1.54) is 12.1 Å². The van der Waals surface area contributed by atoms with Crippen LogP contribution in [0.2, 0.25) is 0 Å². The molecule has 0 unspecified atom stereocenters. The van der Waals surface area contributed by atoms with Crippen molar-refractivity contribution in [3.05, 3.63) is 34.9 Å². The van der Waals surface area contributed by atoms with E-state index in [2.05, 4.69) is 0 Å². The monoisotopic (exact) mass is 230 g/mol. The molecule has 90 valence electrons. The summed E-state index contributed by atoms with van der Waals surface area (Å²) >= 11 is 0. The lowest BCUT2D eigenvalue weighted by Crippen LogP contribution is -2.13. The zero-order valence-corrected chi connectivity index (χ0v) is 10.0. The molecule has 0 bridgehead atoms. The van der Waals surface area contributed by atoms with Gasteiger partial charge in [-0.05, 0) is 29.0 Å². The minimum Gasteiger partial charge on any atom is -0.166 e. The molecule has 0 amide bonds. The molecule has 0 aliphatic rings. The van der Waals surface area contributed by atoms with E-state index in [1.807, 2.05) is 13.8 Å². The third kappa shape index (κ3) is 2.57. The van der Waals surface area contributed by atoms with Crippen LogP contribution in [-0.4, -0.2) is 0 Å². The number of benzene rings is 1. The molecule has 0 atom stereocenters. The molecular formula is C13H17F3. The summed E-state index contributed by atoms with van der Waals surface area (Å²) in [6, 6.07) is 4.44. The Kier molecular flexibility index (Phi) is 3.66. The van der Waals surface area contributed by atoms with Crippen molar-refractivity contribution in [3.63, 3.8) is 0 Å². The molecule has 0 nitrogen and oxygen atoms in total. The van der Waals surface area contributed by atoms with Gasteiger partial charge in [-0.25, -0.2) is 0 Å². The molecule has 0 saturated carbocycles. The molecule has 0 aliphatic carbocycles. The first-order valence-electron chi connectivity index (χ1n) is 5.45. The summed E-state index contributed by atoms with van der Waals surface area (Å²) < 4.78 is 38.6. The number of hydrogen-bond donors (Lipinski definition) is 0. The highest BCUT2D eigenvalue weighted by atomic mass is 19.4. The molecule has 0 spiro atoms. The zero-order chi connectivity index (χ0) is 12.5. The van der Waals surface area contributed by atoms with Crippen LogP contribution in [0.1, 0.15) is 56.2 Å². The lowest BCUT2D eigenvalue weighted by Gasteiger charge is -2.21. The second kappa shape index (κ2) is 4.48. The number of hydrogen-bond acceptors (Lipinski definition) is 0. The van der Waals surface area contributed by atoms with Crippen LogP contribution in [0.4, 0.5) is 13.2 Å². The van der Waals surface area contributed by atoms with Gasteiger partial charge < -0.3 is 0 Å². The molecule has 0 aromatic heterocycles. The van der Waals surface area contributed by atoms with Crippen LogP contribution >= 0.6 is 0 Å². The molecule has 16 heavy (non-hydrogen) atoms. The van der Waals surface area contributed by atoms with Crippen molar-refractivity contribution in [1.29, 1.82) is 0 Å². The molecule has 1 aromatic rings. The maximum absolute atomic E-state index is 12.9. The van der Waals surface area contributed by atoms with E-state index in [0.29, 0.717) is 5.56 Å². The minimum absolute atomic E-state index is 0.111. The van der Waals surface area contributed by atoms with Gasteiger partial charge in [0.05, 0.1) is 5.56 Å². The lowest BCUT2D eigenvalue weighted by atomic mass is 9.87. The van der Waals surface area contributed by atoms with Crippen molar-refractivity contribution in [1.82, 2.24) is 0 Å². The molecule has 0 heterocycles. The van der Waals surface area contributed by atoms with Crippen molar-refractivity contribution in [2.75, 3.05) is 0 Å². The van der Waals surface area contributed by atoms with E-state index in [1.54, 1.807) is 19.9 Å². The fourth-order valence-electron chi connectivity index (χ4n) is 1.98. The van der Waals surface area contributed by atoms with E-state index in [4.69, 9.17) is 0 Å². The first-order valence-corrected chi connectivity index (χ1v) is 5.45. The smallest absolute Gasteiger partial charge is 0.166 e. The highest BCUT2D eigenvalue weighted by Crippen LogP contribution is 2.38. The second-order valence-electron chi connectivity index (χ2n) is 4.62. The van der Waals surface area contributed by atoms with Crippen molar-refractivity contribution < 1.29 is 13.2 Å². The van der Waals surface area contributed by atoms with Crippen LogP contribution in [-0.2, 0) is 6.18 Å². The van der Waals surface area contributed by atoms with Gasteiger partial charge in [0.15, 0.2) is 0 Å². The molecule has 0 fully saturated rings. The SMILES string of the molecule is CC(C)c1cccc(C(F)(F)F)c1C(C)C. The van der Waals surface area contributed by atoms with E-state index < -0.39 is 11.7 Å². The lowest BCUT2D eigenvalue weighted by molar-refractivity contribution is -0.138. The number of alkyl halides is 3. The largest absolute Gasteiger partial charge is 0.416 e. The Morgan fingerprint density at radius 2 is 1.50 bits per heavy atom.